The number of likely N-dealkylation sites (N-methyl/N-ethyl adjacent to an activating group) is 1. The van der Waals surface area contributed by atoms with Crippen LogP contribution >= 0.6 is 11.6 Å². The minimum Gasteiger partial charge on any atom is -0.338 e. The average Bonchev–Trinajstić information content (AvgIpc) is 3.02. The van der Waals surface area contributed by atoms with Gasteiger partial charge in [-0.05, 0) is 63.5 Å². The summed E-state index contributed by atoms with van der Waals surface area (Å²) < 4.78 is 23.4. The second-order valence-corrected chi connectivity index (χ2v) is 10.3. The molecule has 0 radical (unpaired) electrons. The van der Waals surface area contributed by atoms with Gasteiger partial charge in [0, 0.05) is 29.1 Å². The Morgan fingerprint density at radius 2 is 1.79 bits per heavy atom. The fourth-order valence-corrected chi connectivity index (χ4v) is 6.00. The molecule has 0 N–H and O–H groups in total. The number of rotatable bonds is 6. The highest BCUT2D eigenvalue weighted by atomic mass is 35.5. The second-order valence-electron chi connectivity index (χ2n) is 7.66. The molecule has 154 valence electrons. The maximum Gasteiger partial charge on any atom is 0.237 e. The molecular formula is C20H27ClN2O4S. The van der Waals surface area contributed by atoms with Crippen LogP contribution in [0.15, 0.2) is 24.3 Å². The summed E-state index contributed by atoms with van der Waals surface area (Å²) in [6.45, 7) is 4.07. The highest BCUT2D eigenvalue weighted by Gasteiger charge is 2.35. The molecule has 0 aliphatic carbocycles. The van der Waals surface area contributed by atoms with E-state index in [0.717, 1.165) is 12.8 Å². The second kappa shape index (κ2) is 8.93. The van der Waals surface area contributed by atoms with Crippen LogP contribution in [0.1, 0.15) is 36.5 Å². The van der Waals surface area contributed by atoms with Crippen molar-refractivity contribution in [1.82, 2.24) is 9.80 Å². The molecule has 0 bridgehead atoms. The Bertz CT molecular complexity index is 817. The van der Waals surface area contributed by atoms with Gasteiger partial charge in [0.15, 0.2) is 15.6 Å². The quantitative estimate of drug-likeness (QED) is 0.652. The maximum absolute atomic E-state index is 12.7. The Hall–Kier alpha value is -1.44. The Morgan fingerprint density at radius 3 is 2.32 bits per heavy atom. The van der Waals surface area contributed by atoms with Gasteiger partial charge in [0.1, 0.15) is 0 Å². The summed E-state index contributed by atoms with van der Waals surface area (Å²) in [5.41, 5.74) is 0.679. The van der Waals surface area contributed by atoms with Crippen molar-refractivity contribution in [3.05, 3.63) is 34.9 Å². The Labute approximate surface area is 171 Å². The van der Waals surface area contributed by atoms with Crippen LogP contribution in [0.3, 0.4) is 0 Å². The van der Waals surface area contributed by atoms with Gasteiger partial charge in [-0.1, -0.05) is 11.6 Å². The van der Waals surface area contributed by atoms with Crippen molar-refractivity contribution in [3.8, 4) is 0 Å². The number of benzene rings is 1. The van der Waals surface area contributed by atoms with Gasteiger partial charge in [-0.3, -0.25) is 14.5 Å². The predicted octanol–water partition coefficient (Wildman–Crippen LogP) is 2.27. The molecule has 3 rings (SSSR count). The number of Topliss-reactive ketones (excluding diaryl/α,β-unsaturated/α-hetero) is 1. The zero-order chi connectivity index (χ0) is 20.3. The minimum atomic E-state index is -3.02. The third kappa shape index (κ3) is 5.13. The molecule has 6 nitrogen and oxygen atoms in total. The number of sulfone groups is 1. The Kier molecular flexibility index (Phi) is 6.78. The summed E-state index contributed by atoms with van der Waals surface area (Å²) in [7, 11) is -3.02. The van der Waals surface area contributed by atoms with Gasteiger partial charge in [-0.25, -0.2) is 8.42 Å². The van der Waals surface area contributed by atoms with E-state index in [-0.39, 0.29) is 41.7 Å². The number of hydrogen-bond donors (Lipinski definition) is 0. The van der Waals surface area contributed by atoms with Gasteiger partial charge in [-0.2, -0.15) is 0 Å². The van der Waals surface area contributed by atoms with Crippen molar-refractivity contribution >= 4 is 33.1 Å². The number of amides is 1. The summed E-state index contributed by atoms with van der Waals surface area (Å²) in [6.07, 6.45) is 1.97. The van der Waals surface area contributed by atoms with Gasteiger partial charge < -0.3 is 4.90 Å². The molecule has 1 aromatic carbocycles. The largest absolute Gasteiger partial charge is 0.338 e. The number of hydrogen-bond acceptors (Lipinski definition) is 5. The number of ketones is 1. The van der Waals surface area contributed by atoms with Crippen LogP contribution in [0.25, 0.3) is 0 Å². The van der Waals surface area contributed by atoms with Crippen molar-refractivity contribution in [1.29, 1.82) is 0 Å². The van der Waals surface area contributed by atoms with Crippen LogP contribution in [0.5, 0.6) is 0 Å². The van der Waals surface area contributed by atoms with E-state index in [0.29, 0.717) is 36.6 Å². The maximum atomic E-state index is 12.7. The molecule has 2 heterocycles. The van der Waals surface area contributed by atoms with Gasteiger partial charge in [0.25, 0.3) is 0 Å². The summed E-state index contributed by atoms with van der Waals surface area (Å²) in [6, 6.07) is 6.77. The fraction of sp³-hybridized carbons (Fsp3) is 0.600. The van der Waals surface area contributed by atoms with E-state index >= 15 is 0 Å². The number of halogens is 1. The lowest BCUT2D eigenvalue weighted by Gasteiger charge is -2.34. The number of carbonyl (C=O) groups excluding carboxylic acids is 2. The van der Waals surface area contributed by atoms with E-state index in [1.165, 1.54) is 0 Å². The molecule has 1 atom stereocenters. The summed E-state index contributed by atoms with van der Waals surface area (Å²) in [5.74, 6) is 0.319. The SMILES string of the molecule is CCN(C(=O)CN1CCC(C(=O)c2ccc(Cl)cc2)CC1)C1CCS(=O)(=O)C1. The van der Waals surface area contributed by atoms with E-state index < -0.39 is 9.84 Å². The fourth-order valence-electron chi connectivity index (χ4n) is 4.14. The standard InChI is InChI=1S/C20H27ClN2O4S/c1-2-23(18-9-12-28(26,27)14-18)19(24)13-22-10-7-16(8-11-22)20(25)15-3-5-17(21)6-4-15/h3-6,16,18H,2,7-14H2,1H3. The van der Waals surface area contributed by atoms with Crippen molar-refractivity contribution in [2.24, 2.45) is 5.92 Å². The molecule has 2 saturated heterocycles. The molecule has 2 fully saturated rings. The van der Waals surface area contributed by atoms with Crippen molar-refractivity contribution in [2.45, 2.75) is 32.2 Å². The molecule has 1 amide bonds. The zero-order valence-electron chi connectivity index (χ0n) is 16.1. The number of nitrogens with zero attached hydrogens (tertiary/aromatic N) is 2. The number of likely N-dealkylation sites (tertiary alicyclic amines) is 1. The summed E-state index contributed by atoms with van der Waals surface area (Å²) >= 11 is 5.88. The molecule has 8 heteroatoms. The van der Waals surface area contributed by atoms with E-state index in [9.17, 15) is 18.0 Å². The molecule has 0 saturated carbocycles. The third-order valence-corrected chi connectivity index (χ3v) is 7.76. The first-order valence-corrected chi connectivity index (χ1v) is 12.0. The molecule has 28 heavy (non-hydrogen) atoms. The first kappa shape index (κ1) is 21.3. The van der Waals surface area contributed by atoms with Crippen LogP contribution in [0.4, 0.5) is 0 Å². The first-order valence-electron chi connectivity index (χ1n) is 9.81. The highest BCUT2D eigenvalue weighted by molar-refractivity contribution is 7.91. The zero-order valence-corrected chi connectivity index (χ0v) is 17.7. The first-order chi connectivity index (χ1) is 13.3. The highest BCUT2D eigenvalue weighted by Crippen LogP contribution is 2.23. The topological polar surface area (TPSA) is 74.8 Å². The van der Waals surface area contributed by atoms with Crippen LogP contribution in [-0.4, -0.2) is 73.6 Å². The van der Waals surface area contributed by atoms with Gasteiger partial charge >= 0.3 is 0 Å². The van der Waals surface area contributed by atoms with Crippen LogP contribution in [0.2, 0.25) is 5.02 Å². The van der Waals surface area contributed by atoms with E-state index in [1.54, 1.807) is 29.2 Å². The normalized spacial score (nSPS) is 22.9. The average molecular weight is 427 g/mol. The van der Waals surface area contributed by atoms with E-state index in [2.05, 4.69) is 4.90 Å². The molecule has 0 spiro atoms. The van der Waals surface area contributed by atoms with Crippen molar-refractivity contribution in [3.63, 3.8) is 0 Å². The minimum absolute atomic E-state index is 0.0212. The third-order valence-electron chi connectivity index (χ3n) is 5.76. The van der Waals surface area contributed by atoms with Gasteiger partial charge in [-0.15, -0.1) is 0 Å². The van der Waals surface area contributed by atoms with E-state index in [4.69, 9.17) is 11.6 Å². The lowest BCUT2D eigenvalue weighted by Crippen LogP contribution is -2.48. The van der Waals surface area contributed by atoms with Crippen molar-refractivity contribution < 1.29 is 18.0 Å². The summed E-state index contributed by atoms with van der Waals surface area (Å²) in [5, 5.41) is 0.612. The van der Waals surface area contributed by atoms with Gasteiger partial charge in [0.05, 0.1) is 18.1 Å². The molecule has 1 unspecified atom stereocenters. The molecule has 2 aliphatic heterocycles. The number of carbonyl (C=O) groups is 2. The smallest absolute Gasteiger partial charge is 0.237 e. The molecule has 0 aromatic heterocycles. The molecule has 2 aliphatic rings. The van der Waals surface area contributed by atoms with Gasteiger partial charge in [0.2, 0.25) is 5.91 Å². The lowest BCUT2D eigenvalue weighted by atomic mass is 9.89. The van der Waals surface area contributed by atoms with Crippen LogP contribution < -0.4 is 0 Å². The van der Waals surface area contributed by atoms with E-state index in [1.807, 2.05) is 6.92 Å². The molecular weight excluding hydrogens is 400 g/mol. The van der Waals surface area contributed by atoms with Crippen LogP contribution in [-0.2, 0) is 14.6 Å². The Morgan fingerprint density at radius 1 is 1.14 bits per heavy atom. The Balaban J connectivity index is 1.51. The lowest BCUT2D eigenvalue weighted by molar-refractivity contribution is -0.134. The predicted molar refractivity (Wildman–Crippen MR) is 109 cm³/mol. The number of piperidine rings is 1. The van der Waals surface area contributed by atoms with Crippen molar-refractivity contribution in [2.75, 3.05) is 37.7 Å². The van der Waals surface area contributed by atoms with Crippen LogP contribution in [0, 0.1) is 5.92 Å². The summed E-state index contributed by atoms with van der Waals surface area (Å²) in [4.78, 5) is 29.1. The monoisotopic (exact) mass is 426 g/mol. The molecule has 1 aromatic rings.